The molecule has 1 aromatic rings. The summed E-state index contributed by atoms with van der Waals surface area (Å²) in [5, 5.41) is 12.9. The van der Waals surface area contributed by atoms with E-state index in [2.05, 4.69) is 13.7 Å². The number of ether oxygens (including phenoxy) is 2. The molecule has 0 saturated carbocycles. The molecule has 1 fully saturated rings. The minimum absolute atomic E-state index is 0. The van der Waals surface area contributed by atoms with Crippen LogP contribution in [0.25, 0.3) is 0 Å². The van der Waals surface area contributed by atoms with Crippen molar-refractivity contribution in [1.29, 1.82) is 0 Å². The van der Waals surface area contributed by atoms with Gasteiger partial charge in [0.05, 0.1) is 6.61 Å². The smallest absolute Gasteiger partial charge is 0.397 e. The van der Waals surface area contributed by atoms with Crippen LogP contribution >= 0.6 is 0 Å². The minimum atomic E-state index is -5.13. The number of carbonyl (C=O) groups excluding carboxylic acids is 1. The third-order valence-electron chi connectivity index (χ3n) is 3.65. The van der Waals surface area contributed by atoms with Gasteiger partial charge in [-0.25, -0.2) is 8.37 Å². The van der Waals surface area contributed by atoms with E-state index in [0.29, 0.717) is 0 Å². The van der Waals surface area contributed by atoms with Gasteiger partial charge in [0, 0.05) is 6.92 Å². The summed E-state index contributed by atoms with van der Waals surface area (Å²) in [6.07, 6.45) is -6.89. The lowest BCUT2D eigenvalue weighted by molar-refractivity contribution is -0.237. The number of amides is 1. The van der Waals surface area contributed by atoms with E-state index in [4.69, 9.17) is 18.6 Å². The molecule has 1 aromatic carbocycles. The van der Waals surface area contributed by atoms with Gasteiger partial charge in [-0.05, 0) is 12.1 Å². The van der Waals surface area contributed by atoms with Gasteiger partial charge >= 0.3 is 20.8 Å². The molecule has 0 bridgehead atoms. The van der Waals surface area contributed by atoms with E-state index in [0.717, 1.165) is 6.92 Å². The summed E-state index contributed by atoms with van der Waals surface area (Å²) < 4.78 is 81.2. The molecule has 1 aliphatic rings. The number of rotatable bonds is 8. The van der Waals surface area contributed by atoms with E-state index in [9.17, 15) is 26.7 Å². The fraction of sp³-hybridized carbons (Fsp3) is 0.500. The van der Waals surface area contributed by atoms with Crippen molar-refractivity contribution in [2.45, 2.75) is 37.6 Å². The molecule has 2 rings (SSSR count). The molecule has 0 aromatic heterocycles. The van der Waals surface area contributed by atoms with Gasteiger partial charge in [0.2, 0.25) is 12.2 Å². The first kappa shape index (κ1) is 26.1. The summed E-state index contributed by atoms with van der Waals surface area (Å²) in [5.74, 6) is -0.402. The highest BCUT2D eigenvalue weighted by molar-refractivity contribution is 7.81. The number of hydrogen-bond acceptors (Lipinski definition) is 11. The lowest BCUT2D eigenvalue weighted by Gasteiger charge is -2.43. The first-order valence-electron chi connectivity index (χ1n) is 7.95. The van der Waals surface area contributed by atoms with E-state index in [1.165, 1.54) is 12.1 Å². The molecule has 0 unspecified atom stereocenters. The number of benzene rings is 1. The van der Waals surface area contributed by atoms with E-state index >= 15 is 0 Å². The molecule has 30 heavy (non-hydrogen) atoms. The molecule has 0 radical (unpaired) electrons. The Morgan fingerprint density at radius 2 is 1.73 bits per heavy atom. The zero-order chi connectivity index (χ0) is 21.8. The van der Waals surface area contributed by atoms with Gasteiger partial charge in [-0.2, -0.15) is 16.8 Å². The molecule has 1 amide bonds. The van der Waals surface area contributed by atoms with E-state index < -0.39 is 64.0 Å². The second kappa shape index (κ2) is 10.4. The second-order valence-electron chi connectivity index (χ2n) is 5.89. The average molecular weight is 474 g/mol. The van der Waals surface area contributed by atoms with Crippen LogP contribution in [-0.2, 0) is 38.7 Å². The van der Waals surface area contributed by atoms with Crippen LogP contribution in [0, 0.1) is 0 Å². The highest BCUT2D eigenvalue weighted by atomic mass is 32.3. The molecule has 1 saturated heterocycles. The van der Waals surface area contributed by atoms with E-state index in [1.54, 1.807) is 18.2 Å². The Morgan fingerprint density at radius 3 is 2.23 bits per heavy atom. The number of hydrogen-bond donors (Lipinski definition) is 5. The molecular weight excluding hydrogens is 452 g/mol. The second-order valence-corrected chi connectivity index (χ2v) is 8.03. The van der Waals surface area contributed by atoms with Crippen LogP contribution in [0.1, 0.15) is 6.92 Å². The molecule has 1 aliphatic heterocycles. The quantitative estimate of drug-likeness (QED) is 0.280. The first-order chi connectivity index (χ1) is 13.4. The minimum Gasteiger partial charge on any atom is -0.463 e. The predicted octanol–water partition coefficient (Wildman–Crippen LogP) is -1.17. The highest BCUT2D eigenvalue weighted by Gasteiger charge is 2.49. The van der Waals surface area contributed by atoms with Crippen LogP contribution in [-0.4, -0.2) is 74.2 Å². The molecule has 7 N–H and O–H groups in total. The topological polar surface area (TPSA) is 230 Å². The van der Waals surface area contributed by atoms with Crippen LogP contribution in [0.5, 0.6) is 5.75 Å². The molecule has 5 atom stereocenters. The van der Waals surface area contributed by atoms with E-state index in [-0.39, 0.29) is 11.9 Å². The molecule has 172 valence electrons. The first-order valence-corrected chi connectivity index (χ1v) is 10.7. The van der Waals surface area contributed by atoms with Crippen molar-refractivity contribution >= 4 is 26.7 Å². The van der Waals surface area contributed by atoms with Crippen molar-refractivity contribution in [2.24, 2.45) is 0 Å². The fourth-order valence-electron chi connectivity index (χ4n) is 2.59. The number of aliphatic hydroxyl groups excluding tert-OH is 1. The molecule has 16 heteroatoms. The third kappa shape index (κ3) is 8.09. The summed E-state index contributed by atoms with van der Waals surface area (Å²) in [7, 11) is -10.1. The van der Waals surface area contributed by atoms with Gasteiger partial charge < -0.3 is 26.0 Å². The van der Waals surface area contributed by atoms with Gasteiger partial charge in [0.15, 0.2) is 0 Å². The van der Waals surface area contributed by atoms with Crippen LogP contribution in [0.4, 0.5) is 0 Å². The normalized spacial score (nSPS) is 27.0. The zero-order valence-electron chi connectivity index (χ0n) is 15.5. The Bertz CT molecular complexity index is 908. The van der Waals surface area contributed by atoms with Gasteiger partial charge in [-0.15, -0.1) is 0 Å². The van der Waals surface area contributed by atoms with Crippen LogP contribution in [0.2, 0.25) is 0 Å². The Hall–Kier alpha value is -1.89. The number of aliphatic hydroxyl groups is 1. The maximum Gasteiger partial charge on any atom is 0.397 e. The molecule has 0 aliphatic carbocycles. The summed E-state index contributed by atoms with van der Waals surface area (Å²) in [6, 6.07) is 6.57. The number of para-hydroxylation sites is 1. The Balaban J connectivity index is 0.00000450. The fourth-order valence-corrected chi connectivity index (χ4v) is 3.41. The van der Waals surface area contributed by atoms with Crippen molar-refractivity contribution in [2.75, 3.05) is 6.61 Å². The lowest BCUT2D eigenvalue weighted by atomic mass is 9.97. The maximum atomic E-state index is 11.5. The van der Waals surface area contributed by atoms with Gasteiger partial charge in [0.1, 0.15) is 30.1 Å². The third-order valence-corrected chi connectivity index (χ3v) is 4.55. The number of carbonyl (C=O) groups is 1. The van der Waals surface area contributed by atoms with Gasteiger partial charge in [0.25, 0.3) is 0 Å². The molecule has 0 spiro atoms. The Kier molecular flexibility index (Phi) is 9.08. The largest absolute Gasteiger partial charge is 0.463 e. The average Bonchev–Trinajstić information content (AvgIpc) is 2.58. The molecular formula is C14H22N2O12S2. The zero-order valence-corrected chi connectivity index (χ0v) is 17.2. The number of nitrogens with one attached hydrogen (secondary N) is 1. The van der Waals surface area contributed by atoms with Crippen molar-refractivity contribution in [3.63, 3.8) is 0 Å². The lowest BCUT2D eigenvalue weighted by Crippen LogP contribution is -2.66. The van der Waals surface area contributed by atoms with Crippen LogP contribution in [0.3, 0.4) is 0 Å². The predicted molar refractivity (Wildman–Crippen MR) is 98.3 cm³/mol. The van der Waals surface area contributed by atoms with Gasteiger partial charge in [-0.1, -0.05) is 18.2 Å². The van der Waals surface area contributed by atoms with Crippen molar-refractivity contribution in [3.8, 4) is 5.75 Å². The molecule has 14 nitrogen and oxygen atoms in total. The Morgan fingerprint density at radius 1 is 1.13 bits per heavy atom. The molecule has 1 heterocycles. The monoisotopic (exact) mass is 474 g/mol. The van der Waals surface area contributed by atoms with Crippen LogP contribution in [0.15, 0.2) is 30.3 Å². The van der Waals surface area contributed by atoms with Gasteiger partial charge in [-0.3, -0.25) is 13.9 Å². The van der Waals surface area contributed by atoms with Crippen LogP contribution < -0.4 is 16.2 Å². The van der Waals surface area contributed by atoms with E-state index in [1.807, 2.05) is 0 Å². The summed E-state index contributed by atoms with van der Waals surface area (Å²) in [4.78, 5) is 11.5. The standard InChI is InChI=1S/C14H19NO12S2.H3N/c1-8(16)15-11-12(17)13(27-29(21,22)23)10(7-24-28(18,19)20)26-14(11)25-9-5-3-2-4-6-9;/h2-6,10-14,17H,7H2,1H3,(H,15,16)(H,18,19,20)(H,21,22,23);1H3/t10-,11-,12-,13+,14-;/m1./s1. The highest BCUT2D eigenvalue weighted by Crippen LogP contribution is 2.27. The Labute approximate surface area is 172 Å². The van der Waals surface area contributed by atoms with Crippen molar-refractivity contribution in [1.82, 2.24) is 11.5 Å². The maximum absolute atomic E-state index is 11.5. The van der Waals surface area contributed by atoms with Crippen molar-refractivity contribution < 1.29 is 53.7 Å². The summed E-state index contributed by atoms with van der Waals surface area (Å²) in [5.41, 5.74) is 0. The summed E-state index contributed by atoms with van der Waals surface area (Å²) >= 11 is 0. The SMILES string of the molecule is CC(=O)N[C@H]1[C@H](Oc2ccccc2)O[C@H](COS(=O)(=O)O)[C@H](OS(=O)(=O)O)[C@@H]1O.N. The summed E-state index contributed by atoms with van der Waals surface area (Å²) in [6.45, 7) is 0.107. The van der Waals surface area contributed by atoms with Crippen molar-refractivity contribution in [3.05, 3.63) is 30.3 Å².